The van der Waals surface area contributed by atoms with Crippen LogP contribution in [0, 0.1) is 0 Å². The normalized spacial score (nSPS) is 16.4. The molecule has 5 nitrogen and oxygen atoms in total. The molecule has 0 aromatic heterocycles. The van der Waals surface area contributed by atoms with Crippen molar-refractivity contribution in [3.05, 3.63) is 23.8 Å². The topological polar surface area (TPSA) is 58.8 Å². The molecule has 1 aliphatic heterocycles. The Balaban J connectivity index is 2.03. The molecule has 0 bridgehead atoms. The summed E-state index contributed by atoms with van der Waals surface area (Å²) in [5.74, 6) is 0.683. The Bertz CT molecular complexity index is 521. The van der Waals surface area contributed by atoms with Crippen LogP contribution in [0.3, 0.4) is 0 Å². The van der Waals surface area contributed by atoms with Gasteiger partial charge >= 0.3 is 0 Å². The van der Waals surface area contributed by atoms with Crippen LogP contribution in [-0.4, -0.2) is 54.0 Å². The number of benzene rings is 1. The van der Waals surface area contributed by atoms with E-state index < -0.39 is 0 Å². The van der Waals surface area contributed by atoms with Gasteiger partial charge in [-0.15, -0.1) is 0 Å². The molecule has 1 aromatic rings. The van der Waals surface area contributed by atoms with Crippen LogP contribution in [-0.2, 0) is 0 Å². The van der Waals surface area contributed by atoms with Gasteiger partial charge in [0.25, 0.3) is 5.91 Å². The Kier molecular flexibility index (Phi) is 5.29. The highest BCUT2D eigenvalue weighted by atomic mass is 16.5. The van der Waals surface area contributed by atoms with E-state index in [2.05, 4.69) is 18.7 Å². The number of nitrogen functional groups attached to an aromatic ring is 1. The van der Waals surface area contributed by atoms with E-state index in [4.69, 9.17) is 10.5 Å². The Morgan fingerprint density at radius 2 is 1.77 bits per heavy atom. The van der Waals surface area contributed by atoms with Gasteiger partial charge in [-0.1, -0.05) is 0 Å². The number of carbonyl (C=O) groups excluding carboxylic acids is 1. The summed E-state index contributed by atoms with van der Waals surface area (Å²) in [7, 11) is 0. The number of ether oxygens (including phenoxy) is 1. The van der Waals surface area contributed by atoms with Crippen LogP contribution >= 0.6 is 0 Å². The molecule has 1 fully saturated rings. The first-order chi connectivity index (χ1) is 10.4. The minimum Gasteiger partial charge on any atom is -0.489 e. The van der Waals surface area contributed by atoms with Crippen molar-refractivity contribution in [1.29, 1.82) is 0 Å². The van der Waals surface area contributed by atoms with Crippen LogP contribution in [0.15, 0.2) is 18.2 Å². The number of anilines is 1. The van der Waals surface area contributed by atoms with E-state index in [1.807, 2.05) is 18.7 Å². The molecule has 1 aliphatic rings. The smallest absolute Gasteiger partial charge is 0.254 e. The zero-order valence-corrected chi connectivity index (χ0v) is 14.0. The molecule has 0 radical (unpaired) electrons. The number of carbonyl (C=O) groups is 1. The van der Waals surface area contributed by atoms with E-state index in [1.165, 1.54) is 0 Å². The molecule has 1 aromatic carbocycles. The van der Waals surface area contributed by atoms with Crippen molar-refractivity contribution < 1.29 is 9.53 Å². The van der Waals surface area contributed by atoms with Gasteiger partial charge in [0, 0.05) is 37.8 Å². The molecule has 2 rings (SSSR count). The lowest BCUT2D eigenvalue weighted by atomic mass is 10.1. The van der Waals surface area contributed by atoms with Crippen molar-refractivity contribution in [2.45, 2.75) is 39.8 Å². The van der Waals surface area contributed by atoms with Gasteiger partial charge in [-0.2, -0.15) is 0 Å². The van der Waals surface area contributed by atoms with Gasteiger partial charge in [0.1, 0.15) is 5.75 Å². The third kappa shape index (κ3) is 3.91. The molecule has 2 N–H and O–H groups in total. The first kappa shape index (κ1) is 16.6. The molecule has 22 heavy (non-hydrogen) atoms. The lowest BCUT2D eigenvalue weighted by Crippen LogP contribution is -2.50. The van der Waals surface area contributed by atoms with Gasteiger partial charge in [-0.3, -0.25) is 9.69 Å². The Morgan fingerprint density at radius 1 is 1.14 bits per heavy atom. The van der Waals surface area contributed by atoms with Crippen molar-refractivity contribution in [2.24, 2.45) is 0 Å². The molecule has 0 aliphatic carbocycles. The van der Waals surface area contributed by atoms with E-state index in [1.54, 1.807) is 18.2 Å². The van der Waals surface area contributed by atoms with Gasteiger partial charge < -0.3 is 15.4 Å². The quantitative estimate of drug-likeness (QED) is 0.867. The van der Waals surface area contributed by atoms with Crippen molar-refractivity contribution in [3.8, 4) is 5.75 Å². The molecule has 0 saturated carbocycles. The van der Waals surface area contributed by atoms with E-state index in [0.717, 1.165) is 26.2 Å². The minimum atomic E-state index is 0.0474. The highest BCUT2D eigenvalue weighted by Crippen LogP contribution is 2.24. The monoisotopic (exact) mass is 305 g/mol. The highest BCUT2D eigenvalue weighted by Gasteiger charge is 2.23. The molecule has 1 saturated heterocycles. The van der Waals surface area contributed by atoms with Gasteiger partial charge in [-0.25, -0.2) is 0 Å². The number of rotatable bonds is 4. The van der Waals surface area contributed by atoms with Crippen LogP contribution < -0.4 is 10.5 Å². The van der Waals surface area contributed by atoms with Gasteiger partial charge in [0.2, 0.25) is 0 Å². The van der Waals surface area contributed by atoms with E-state index in [0.29, 0.717) is 23.0 Å². The summed E-state index contributed by atoms with van der Waals surface area (Å²) in [6.45, 7) is 11.7. The molecular formula is C17H27N3O2. The van der Waals surface area contributed by atoms with Crippen molar-refractivity contribution in [2.75, 3.05) is 31.9 Å². The first-order valence-electron chi connectivity index (χ1n) is 7.98. The summed E-state index contributed by atoms with van der Waals surface area (Å²) in [6.07, 6.45) is 0.0629. The molecule has 0 unspecified atom stereocenters. The fourth-order valence-corrected chi connectivity index (χ4v) is 2.67. The zero-order chi connectivity index (χ0) is 16.3. The summed E-state index contributed by atoms with van der Waals surface area (Å²) in [5, 5.41) is 0. The largest absolute Gasteiger partial charge is 0.489 e. The second kappa shape index (κ2) is 7.01. The summed E-state index contributed by atoms with van der Waals surface area (Å²) in [4.78, 5) is 16.9. The number of piperazine rings is 1. The summed E-state index contributed by atoms with van der Waals surface area (Å²) < 4.78 is 5.61. The summed E-state index contributed by atoms with van der Waals surface area (Å²) >= 11 is 0. The maximum Gasteiger partial charge on any atom is 0.254 e. The fraction of sp³-hybridized carbons (Fsp3) is 0.588. The lowest BCUT2D eigenvalue weighted by molar-refractivity contribution is 0.0595. The second-order valence-electron chi connectivity index (χ2n) is 6.34. The molecule has 0 spiro atoms. The number of nitrogens with zero attached hydrogens (tertiary/aromatic N) is 2. The van der Waals surface area contributed by atoms with Gasteiger partial charge in [-0.05, 0) is 45.9 Å². The number of nitrogens with two attached hydrogens (primary N) is 1. The van der Waals surface area contributed by atoms with Crippen molar-refractivity contribution in [1.82, 2.24) is 9.80 Å². The molecule has 0 atom stereocenters. The molecule has 5 heteroatoms. The molecule has 1 heterocycles. The average Bonchev–Trinajstić information content (AvgIpc) is 2.48. The predicted molar refractivity (Wildman–Crippen MR) is 89.2 cm³/mol. The molecule has 122 valence electrons. The van der Waals surface area contributed by atoms with Crippen LogP contribution in [0.25, 0.3) is 0 Å². The average molecular weight is 305 g/mol. The fourth-order valence-electron chi connectivity index (χ4n) is 2.67. The number of hydrogen-bond acceptors (Lipinski definition) is 4. The van der Waals surface area contributed by atoms with Gasteiger partial charge in [0.15, 0.2) is 0 Å². The van der Waals surface area contributed by atoms with Crippen LogP contribution in [0.5, 0.6) is 5.75 Å². The minimum absolute atomic E-state index is 0.0474. The van der Waals surface area contributed by atoms with E-state index in [9.17, 15) is 4.79 Å². The van der Waals surface area contributed by atoms with E-state index in [-0.39, 0.29) is 12.0 Å². The molecular weight excluding hydrogens is 278 g/mol. The Labute approximate surface area is 133 Å². The number of hydrogen-bond donors (Lipinski definition) is 1. The highest BCUT2D eigenvalue weighted by molar-refractivity contribution is 5.95. The van der Waals surface area contributed by atoms with E-state index >= 15 is 0 Å². The maximum absolute atomic E-state index is 12.6. The Morgan fingerprint density at radius 3 is 2.27 bits per heavy atom. The van der Waals surface area contributed by atoms with Crippen molar-refractivity contribution in [3.63, 3.8) is 0 Å². The molecule has 1 amide bonds. The van der Waals surface area contributed by atoms with Crippen LogP contribution in [0.1, 0.15) is 38.1 Å². The van der Waals surface area contributed by atoms with Crippen LogP contribution in [0.4, 0.5) is 5.69 Å². The van der Waals surface area contributed by atoms with Crippen molar-refractivity contribution >= 4 is 11.6 Å². The van der Waals surface area contributed by atoms with Crippen LogP contribution in [0.2, 0.25) is 0 Å². The Hall–Kier alpha value is -1.75. The third-order valence-electron chi connectivity index (χ3n) is 3.95. The number of amides is 1. The zero-order valence-electron chi connectivity index (χ0n) is 14.0. The predicted octanol–water partition coefficient (Wildman–Crippen LogP) is 2.22. The summed E-state index contributed by atoms with van der Waals surface area (Å²) in [6, 6.07) is 5.83. The second-order valence-corrected chi connectivity index (χ2v) is 6.34. The lowest BCUT2D eigenvalue weighted by Gasteiger charge is -2.37. The van der Waals surface area contributed by atoms with Gasteiger partial charge in [0.05, 0.1) is 11.8 Å². The SMILES string of the molecule is CC(C)Oc1ccc(C(=O)N2CCN(C(C)C)CC2)cc1N. The third-order valence-corrected chi connectivity index (χ3v) is 3.95. The first-order valence-corrected chi connectivity index (χ1v) is 7.98. The maximum atomic E-state index is 12.6. The summed E-state index contributed by atoms with van der Waals surface area (Å²) in [5.41, 5.74) is 7.14. The standard InChI is InChI=1S/C17H27N3O2/c1-12(2)19-7-9-20(10-8-19)17(21)14-5-6-16(15(18)11-14)22-13(3)4/h5-6,11-13H,7-10,18H2,1-4H3.